The van der Waals surface area contributed by atoms with Crippen molar-refractivity contribution in [3.05, 3.63) is 71.0 Å². The molecule has 0 heterocycles. The Morgan fingerprint density at radius 1 is 1.08 bits per heavy atom. The fourth-order valence-corrected chi connectivity index (χ4v) is 2.18. The van der Waals surface area contributed by atoms with Crippen molar-refractivity contribution >= 4 is 11.9 Å². The Morgan fingerprint density at radius 2 is 1.79 bits per heavy atom. The summed E-state index contributed by atoms with van der Waals surface area (Å²) in [6.45, 7) is 1.95. The van der Waals surface area contributed by atoms with E-state index in [9.17, 15) is 14.0 Å². The van der Waals surface area contributed by atoms with E-state index >= 15 is 0 Å². The molecule has 0 aromatic heterocycles. The quantitative estimate of drug-likeness (QED) is 0.795. The molecule has 0 saturated heterocycles. The van der Waals surface area contributed by atoms with Gasteiger partial charge < -0.3 is 10.1 Å². The molecule has 1 amide bonds. The van der Waals surface area contributed by atoms with Gasteiger partial charge in [0, 0.05) is 6.54 Å². The first kappa shape index (κ1) is 17.7. The highest BCUT2D eigenvalue weighted by Crippen LogP contribution is 2.07. The minimum absolute atomic E-state index is 0.280. The molecule has 0 fully saturated rings. The van der Waals surface area contributed by atoms with Crippen LogP contribution in [0.15, 0.2) is 48.5 Å². The van der Waals surface area contributed by atoms with Gasteiger partial charge in [-0.1, -0.05) is 37.3 Å². The third-order valence-corrected chi connectivity index (χ3v) is 3.61. The highest BCUT2D eigenvalue weighted by atomic mass is 19.1. The number of amides is 1. The lowest BCUT2D eigenvalue weighted by Crippen LogP contribution is -2.30. The van der Waals surface area contributed by atoms with Crippen LogP contribution in [-0.2, 0) is 22.4 Å². The molecule has 126 valence electrons. The zero-order valence-electron chi connectivity index (χ0n) is 13.5. The van der Waals surface area contributed by atoms with Gasteiger partial charge in [-0.15, -0.1) is 0 Å². The van der Waals surface area contributed by atoms with Gasteiger partial charge in [0.2, 0.25) is 0 Å². The van der Waals surface area contributed by atoms with Crippen molar-refractivity contribution in [2.24, 2.45) is 0 Å². The van der Waals surface area contributed by atoms with E-state index in [0.717, 1.165) is 12.0 Å². The van der Waals surface area contributed by atoms with E-state index in [2.05, 4.69) is 5.32 Å². The first-order valence-corrected chi connectivity index (χ1v) is 7.86. The van der Waals surface area contributed by atoms with Crippen molar-refractivity contribution < 1.29 is 18.7 Å². The van der Waals surface area contributed by atoms with Gasteiger partial charge in [-0.05, 0) is 42.2 Å². The van der Waals surface area contributed by atoms with Crippen LogP contribution in [0.25, 0.3) is 0 Å². The van der Waals surface area contributed by atoms with E-state index in [1.54, 1.807) is 30.3 Å². The number of rotatable bonds is 7. The summed E-state index contributed by atoms with van der Waals surface area (Å²) in [6.07, 6.45) is 1.27. The summed E-state index contributed by atoms with van der Waals surface area (Å²) in [4.78, 5) is 23.5. The molecule has 2 aromatic carbocycles. The molecule has 1 N–H and O–H groups in total. The molecule has 5 heteroatoms. The highest BCUT2D eigenvalue weighted by Gasteiger charge is 2.10. The standard InChI is InChI=1S/C19H20FNO3/c1-2-14-7-9-16(10-8-14)19(23)24-13-18(22)21-12-11-15-5-3-4-6-17(15)20/h3-10H,2,11-13H2,1H3,(H,21,22). The van der Waals surface area contributed by atoms with Gasteiger partial charge in [0.25, 0.3) is 5.91 Å². The lowest BCUT2D eigenvalue weighted by Gasteiger charge is -2.07. The number of halogens is 1. The molecule has 0 aliphatic heterocycles. The Balaban J connectivity index is 1.72. The van der Waals surface area contributed by atoms with Gasteiger partial charge in [-0.25, -0.2) is 9.18 Å². The number of ether oxygens (including phenoxy) is 1. The second-order valence-corrected chi connectivity index (χ2v) is 5.32. The molecule has 24 heavy (non-hydrogen) atoms. The second-order valence-electron chi connectivity index (χ2n) is 5.32. The fourth-order valence-electron chi connectivity index (χ4n) is 2.18. The van der Waals surface area contributed by atoms with Crippen molar-refractivity contribution in [2.75, 3.05) is 13.2 Å². The molecule has 0 unspecified atom stereocenters. The van der Waals surface area contributed by atoms with E-state index in [0.29, 0.717) is 17.5 Å². The lowest BCUT2D eigenvalue weighted by atomic mass is 10.1. The zero-order chi connectivity index (χ0) is 17.4. The van der Waals surface area contributed by atoms with Gasteiger partial charge in [-0.2, -0.15) is 0 Å². The molecule has 0 radical (unpaired) electrons. The molecule has 2 aromatic rings. The molecule has 0 saturated carbocycles. The number of aryl methyl sites for hydroxylation is 1. The topological polar surface area (TPSA) is 55.4 Å². The summed E-state index contributed by atoms with van der Waals surface area (Å²) in [6, 6.07) is 13.5. The van der Waals surface area contributed by atoms with Gasteiger partial charge in [0.05, 0.1) is 5.56 Å². The van der Waals surface area contributed by atoms with Gasteiger partial charge in [0.15, 0.2) is 6.61 Å². The van der Waals surface area contributed by atoms with Gasteiger partial charge >= 0.3 is 5.97 Å². The van der Waals surface area contributed by atoms with Crippen molar-refractivity contribution in [3.8, 4) is 0 Å². The number of nitrogens with one attached hydrogen (secondary N) is 1. The normalized spacial score (nSPS) is 10.2. The van der Waals surface area contributed by atoms with E-state index in [1.165, 1.54) is 6.07 Å². The Kier molecular flexibility index (Phi) is 6.49. The van der Waals surface area contributed by atoms with Crippen molar-refractivity contribution in [1.82, 2.24) is 5.32 Å². The summed E-state index contributed by atoms with van der Waals surface area (Å²) >= 11 is 0. The first-order chi connectivity index (χ1) is 11.6. The van der Waals surface area contributed by atoms with E-state index in [1.807, 2.05) is 19.1 Å². The maximum Gasteiger partial charge on any atom is 0.338 e. The average Bonchev–Trinajstić information content (AvgIpc) is 2.61. The minimum atomic E-state index is -0.540. The highest BCUT2D eigenvalue weighted by molar-refractivity contribution is 5.91. The van der Waals surface area contributed by atoms with Crippen LogP contribution in [0.5, 0.6) is 0 Å². The van der Waals surface area contributed by atoms with Gasteiger partial charge in [0.1, 0.15) is 5.82 Å². The van der Waals surface area contributed by atoms with Crippen molar-refractivity contribution in [3.63, 3.8) is 0 Å². The predicted molar refractivity (Wildman–Crippen MR) is 89.2 cm³/mol. The van der Waals surface area contributed by atoms with Crippen LogP contribution in [0.3, 0.4) is 0 Å². The summed E-state index contributed by atoms with van der Waals surface area (Å²) in [5.74, 6) is -1.25. The summed E-state index contributed by atoms with van der Waals surface area (Å²) in [5, 5.41) is 2.60. The molecule has 0 aliphatic carbocycles. The van der Waals surface area contributed by atoms with Crippen LogP contribution in [0, 0.1) is 5.82 Å². The Labute approximate surface area is 140 Å². The van der Waals surface area contributed by atoms with Crippen molar-refractivity contribution in [2.45, 2.75) is 19.8 Å². The van der Waals surface area contributed by atoms with Crippen molar-refractivity contribution in [1.29, 1.82) is 0 Å². The molecule has 0 spiro atoms. The molecule has 2 rings (SSSR count). The van der Waals surface area contributed by atoms with E-state index in [-0.39, 0.29) is 19.0 Å². The number of hydrogen-bond donors (Lipinski definition) is 1. The largest absolute Gasteiger partial charge is 0.452 e. The van der Waals surface area contributed by atoms with Crippen LogP contribution >= 0.6 is 0 Å². The van der Waals surface area contributed by atoms with Crippen LogP contribution < -0.4 is 5.32 Å². The third-order valence-electron chi connectivity index (χ3n) is 3.61. The average molecular weight is 329 g/mol. The maximum atomic E-state index is 13.4. The molecule has 4 nitrogen and oxygen atoms in total. The molecular formula is C19H20FNO3. The summed E-state index contributed by atoms with van der Waals surface area (Å²) in [7, 11) is 0. The van der Waals surface area contributed by atoms with Gasteiger partial charge in [-0.3, -0.25) is 4.79 Å². The Hall–Kier alpha value is -2.69. The molecule has 0 aliphatic rings. The SMILES string of the molecule is CCc1ccc(C(=O)OCC(=O)NCCc2ccccc2F)cc1. The Bertz CT molecular complexity index is 698. The van der Waals surface area contributed by atoms with E-state index < -0.39 is 11.9 Å². The van der Waals surface area contributed by atoms with Crippen LogP contribution in [0.4, 0.5) is 4.39 Å². The van der Waals surface area contributed by atoms with E-state index in [4.69, 9.17) is 4.74 Å². The van der Waals surface area contributed by atoms with Crippen LogP contribution in [0.2, 0.25) is 0 Å². The smallest absolute Gasteiger partial charge is 0.338 e. The summed E-state index contributed by atoms with van der Waals surface area (Å²) in [5.41, 5.74) is 2.06. The molecule has 0 atom stereocenters. The van der Waals surface area contributed by atoms with Crippen LogP contribution in [-0.4, -0.2) is 25.0 Å². The summed E-state index contributed by atoms with van der Waals surface area (Å²) < 4.78 is 18.4. The number of esters is 1. The predicted octanol–water partition coefficient (Wildman–Crippen LogP) is 2.90. The second kappa shape index (κ2) is 8.82. The monoisotopic (exact) mass is 329 g/mol. The fraction of sp³-hybridized carbons (Fsp3) is 0.263. The Morgan fingerprint density at radius 3 is 2.46 bits per heavy atom. The third kappa shape index (κ3) is 5.19. The lowest BCUT2D eigenvalue weighted by molar-refractivity contribution is -0.124. The molecule has 0 bridgehead atoms. The first-order valence-electron chi connectivity index (χ1n) is 7.86. The zero-order valence-corrected chi connectivity index (χ0v) is 13.5. The molecular weight excluding hydrogens is 309 g/mol. The number of carbonyl (C=O) groups excluding carboxylic acids is 2. The number of hydrogen-bond acceptors (Lipinski definition) is 3. The number of benzene rings is 2. The minimum Gasteiger partial charge on any atom is -0.452 e. The van der Waals surface area contributed by atoms with Crippen LogP contribution in [0.1, 0.15) is 28.4 Å². The maximum absolute atomic E-state index is 13.4. The number of carbonyl (C=O) groups is 2.